The average Bonchev–Trinajstić information content (AvgIpc) is 2.77. The number of hydrogen-bond donors (Lipinski definition) is 1. The largest absolute Gasteiger partial charge is 0.469 e. The van der Waals surface area contributed by atoms with Crippen LogP contribution in [0.15, 0.2) is 24.3 Å². The quantitative estimate of drug-likeness (QED) is 0.765. The molecule has 0 radical (unpaired) electrons. The molecule has 1 aromatic carbocycles. The molecule has 3 heteroatoms. The highest BCUT2D eigenvalue weighted by Gasteiger charge is 2.35. The third kappa shape index (κ3) is 1.95. The third-order valence-electron chi connectivity index (χ3n) is 3.31. The predicted molar refractivity (Wildman–Crippen MR) is 62.3 cm³/mol. The normalized spacial score (nSPS) is 24.4. The molecule has 0 spiro atoms. The van der Waals surface area contributed by atoms with E-state index >= 15 is 0 Å². The first-order chi connectivity index (χ1) is 7.74. The summed E-state index contributed by atoms with van der Waals surface area (Å²) in [5.74, 6) is 0.0815. The smallest absolute Gasteiger partial charge is 0.310 e. The van der Waals surface area contributed by atoms with Gasteiger partial charge in [0.05, 0.1) is 13.0 Å². The fourth-order valence-electron chi connectivity index (χ4n) is 2.41. The fraction of sp³-hybridized carbons (Fsp3) is 0.462. The van der Waals surface area contributed by atoms with Gasteiger partial charge in [0, 0.05) is 19.0 Å². The Labute approximate surface area is 95.8 Å². The standard InChI is InChI=1S/C13H17NO2/c1-9-5-3-4-6-10(9)11-7-14-8-12(11)13(15)16-2/h3-6,11-12,14H,7-8H2,1-2H3. The molecular weight excluding hydrogens is 202 g/mol. The number of methoxy groups -OCH3 is 1. The Bertz CT molecular complexity index is 389. The van der Waals surface area contributed by atoms with Gasteiger partial charge in [0.15, 0.2) is 0 Å². The zero-order valence-electron chi connectivity index (χ0n) is 9.69. The van der Waals surface area contributed by atoms with Gasteiger partial charge >= 0.3 is 5.97 Å². The van der Waals surface area contributed by atoms with Crippen LogP contribution in [0, 0.1) is 12.8 Å². The van der Waals surface area contributed by atoms with Crippen LogP contribution in [0.1, 0.15) is 17.0 Å². The van der Waals surface area contributed by atoms with E-state index in [2.05, 4.69) is 24.4 Å². The Morgan fingerprint density at radius 1 is 1.38 bits per heavy atom. The molecule has 1 N–H and O–H groups in total. The molecule has 1 heterocycles. The first-order valence-electron chi connectivity index (χ1n) is 5.58. The van der Waals surface area contributed by atoms with E-state index in [9.17, 15) is 4.79 Å². The highest BCUT2D eigenvalue weighted by molar-refractivity contribution is 5.74. The van der Waals surface area contributed by atoms with Gasteiger partial charge in [-0.1, -0.05) is 24.3 Å². The molecule has 1 aliphatic rings. The zero-order chi connectivity index (χ0) is 11.5. The van der Waals surface area contributed by atoms with Crippen molar-refractivity contribution >= 4 is 5.97 Å². The van der Waals surface area contributed by atoms with Crippen molar-refractivity contribution in [1.82, 2.24) is 5.32 Å². The summed E-state index contributed by atoms with van der Waals surface area (Å²) in [6.07, 6.45) is 0. The molecule has 1 aromatic rings. The second kappa shape index (κ2) is 4.66. The van der Waals surface area contributed by atoms with Crippen LogP contribution in [-0.4, -0.2) is 26.2 Å². The Hall–Kier alpha value is -1.35. The number of hydrogen-bond acceptors (Lipinski definition) is 3. The Balaban J connectivity index is 2.27. The van der Waals surface area contributed by atoms with E-state index in [0.717, 1.165) is 6.54 Å². The van der Waals surface area contributed by atoms with Crippen LogP contribution < -0.4 is 5.32 Å². The Morgan fingerprint density at radius 3 is 2.81 bits per heavy atom. The van der Waals surface area contributed by atoms with Crippen LogP contribution in [0.25, 0.3) is 0 Å². The minimum Gasteiger partial charge on any atom is -0.469 e. The molecule has 3 nitrogen and oxygen atoms in total. The lowest BCUT2D eigenvalue weighted by molar-refractivity contribution is -0.145. The van der Waals surface area contributed by atoms with Gasteiger partial charge in [0.2, 0.25) is 0 Å². The molecule has 0 aliphatic carbocycles. The van der Waals surface area contributed by atoms with Gasteiger partial charge in [-0.15, -0.1) is 0 Å². The van der Waals surface area contributed by atoms with Gasteiger partial charge < -0.3 is 10.1 Å². The third-order valence-corrected chi connectivity index (χ3v) is 3.31. The molecule has 1 saturated heterocycles. The predicted octanol–water partition coefficient (Wildman–Crippen LogP) is 1.47. The van der Waals surface area contributed by atoms with Gasteiger partial charge in [0.1, 0.15) is 0 Å². The van der Waals surface area contributed by atoms with Crippen molar-refractivity contribution in [2.24, 2.45) is 5.92 Å². The topological polar surface area (TPSA) is 38.3 Å². The fourth-order valence-corrected chi connectivity index (χ4v) is 2.41. The van der Waals surface area contributed by atoms with Crippen molar-refractivity contribution in [3.8, 4) is 0 Å². The van der Waals surface area contributed by atoms with Gasteiger partial charge in [-0.3, -0.25) is 4.79 Å². The van der Waals surface area contributed by atoms with Crippen LogP contribution in [0.2, 0.25) is 0 Å². The molecule has 0 bridgehead atoms. The minimum absolute atomic E-state index is 0.0499. The molecule has 0 aromatic heterocycles. The molecule has 16 heavy (non-hydrogen) atoms. The number of rotatable bonds is 2. The van der Waals surface area contributed by atoms with E-state index in [4.69, 9.17) is 4.74 Å². The summed E-state index contributed by atoms with van der Waals surface area (Å²) < 4.78 is 4.85. The maximum absolute atomic E-state index is 11.6. The molecule has 2 atom stereocenters. The number of benzene rings is 1. The highest BCUT2D eigenvalue weighted by atomic mass is 16.5. The zero-order valence-corrected chi connectivity index (χ0v) is 9.69. The second-order valence-electron chi connectivity index (χ2n) is 4.25. The SMILES string of the molecule is COC(=O)C1CNCC1c1ccccc1C. The van der Waals surface area contributed by atoms with Crippen LogP contribution in [-0.2, 0) is 9.53 Å². The van der Waals surface area contributed by atoms with E-state index < -0.39 is 0 Å². The van der Waals surface area contributed by atoms with E-state index in [1.165, 1.54) is 18.2 Å². The van der Waals surface area contributed by atoms with E-state index in [1.54, 1.807) is 0 Å². The molecule has 86 valence electrons. The maximum atomic E-state index is 11.6. The van der Waals surface area contributed by atoms with E-state index in [0.29, 0.717) is 6.54 Å². The first-order valence-corrected chi connectivity index (χ1v) is 5.58. The summed E-state index contributed by atoms with van der Waals surface area (Å²) in [5.41, 5.74) is 2.49. The van der Waals surface area contributed by atoms with Crippen molar-refractivity contribution in [2.45, 2.75) is 12.8 Å². The summed E-state index contributed by atoms with van der Waals surface area (Å²) in [4.78, 5) is 11.6. The van der Waals surface area contributed by atoms with Crippen LogP contribution in [0.3, 0.4) is 0 Å². The summed E-state index contributed by atoms with van der Waals surface area (Å²) in [7, 11) is 1.45. The molecule has 0 saturated carbocycles. The molecule has 1 aliphatic heterocycles. The number of carbonyl (C=O) groups is 1. The number of carbonyl (C=O) groups excluding carboxylic acids is 1. The Kier molecular flexibility index (Phi) is 3.25. The Morgan fingerprint density at radius 2 is 2.12 bits per heavy atom. The number of ether oxygens (including phenoxy) is 1. The summed E-state index contributed by atoms with van der Waals surface area (Å²) in [5, 5.41) is 3.26. The maximum Gasteiger partial charge on any atom is 0.310 e. The average molecular weight is 219 g/mol. The van der Waals surface area contributed by atoms with Gasteiger partial charge in [0.25, 0.3) is 0 Å². The van der Waals surface area contributed by atoms with Crippen LogP contribution in [0.4, 0.5) is 0 Å². The number of esters is 1. The van der Waals surface area contributed by atoms with E-state index in [1.807, 2.05) is 12.1 Å². The molecule has 0 amide bonds. The molecule has 1 fully saturated rings. The molecular formula is C13H17NO2. The monoisotopic (exact) mass is 219 g/mol. The van der Waals surface area contributed by atoms with Crippen molar-refractivity contribution < 1.29 is 9.53 Å². The lowest BCUT2D eigenvalue weighted by atomic mass is 9.86. The lowest BCUT2D eigenvalue weighted by Gasteiger charge is -2.18. The second-order valence-corrected chi connectivity index (χ2v) is 4.25. The summed E-state index contributed by atoms with van der Waals surface area (Å²) in [6, 6.07) is 8.23. The van der Waals surface area contributed by atoms with Gasteiger partial charge in [-0.25, -0.2) is 0 Å². The van der Waals surface area contributed by atoms with Crippen molar-refractivity contribution in [1.29, 1.82) is 0 Å². The van der Waals surface area contributed by atoms with Crippen LogP contribution in [0.5, 0.6) is 0 Å². The highest BCUT2D eigenvalue weighted by Crippen LogP contribution is 2.30. The summed E-state index contributed by atoms with van der Waals surface area (Å²) >= 11 is 0. The van der Waals surface area contributed by atoms with E-state index in [-0.39, 0.29) is 17.8 Å². The molecule has 2 rings (SSSR count). The summed E-state index contributed by atoms with van der Waals surface area (Å²) in [6.45, 7) is 3.65. The lowest BCUT2D eigenvalue weighted by Crippen LogP contribution is -2.23. The number of aryl methyl sites for hydroxylation is 1. The number of nitrogens with one attached hydrogen (secondary N) is 1. The first kappa shape index (κ1) is 11.1. The molecule has 2 unspecified atom stereocenters. The van der Waals surface area contributed by atoms with Crippen molar-refractivity contribution in [3.05, 3.63) is 35.4 Å². The van der Waals surface area contributed by atoms with Crippen LogP contribution >= 0.6 is 0 Å². The van der Waals surface area contributed by atoms with Gasteiger partial charge in [-0.05, 0) is 18.1 Å². The van der Waals surface area contributed by atoms with Crippen molar-refractivity contribution in [3.63, 3.8) is 0 Å². The van der Waals surface area contributed by atoms with Crippen molar-refractivity contribution in [2.75, 3.05) is 20.2 Å². The minimum atomic E-state index is -0.113. The van der Waals surface area contributed by atoms with Gasteiger partial charge in [-0.2, -0.15) is 0 Å².